The topological polar surface area (TPSA) is 50.7 Å². The van der Waals surface area contributed by atoms with Gasteiger partial charge in [0.15, 0.2) is 0 Å². The van der Waals surface area contributed by atoms with Crippen LogP contribution in [0.1, 0.15) is 6.92 Å². The minimum absolute atomic E-state index is 0.801. The highest BCUT2D eigenvalue weighted by atomic mass is 15.2. The zero-order chi connectivity index (χ0) is 10.5. The van der Waals surface area contributed by atoms with Gasteiger partial charge in [-0.3, -0.25) is 4.98 Å². The van der Waals surface area contributed by atoms with Crippen molar-refractivity contribution < 1.29 is 0 Å². The summed E-state index contributed by atoms with van der Waals surface area (Å²) in [6.07, 6.45) is 3.49. The van der Waals surface area contributed by atoms with Crippen LogP contribution in [0.2, 0.25) is 0 Å². The summed E-state index contributed by atoms with van der Waals surface area (Å²) >= 11 is 0. The van der Waals surface area contributed by atoms with Crippen LogP contribution in [0.4, 0.5) is 5.82 Å². The average molecular weight is 200 g/mol. The largest absolute Gasteiger partial charge is 0.369 e. The molecule has 15 heavy (non-hydrogen) atoms. The van der Waals surface area contributed by atoms with Crippen LogP contribution < -0.4 is 5.32 Å². The van der Waals surface area contributed by atoms with Crippen molar-refractivity contribution in [1.29, 1.82) is 0 Å². The van der Waals surface area contributed by atoms with Crippen molar-refractivity contribution in [2.45, 2.75) is 6.92 Å². The molecule has 4 heteroatoms. The van der Waals surface area contributed by atoms with E-state index in [1.165, 1.54) is 0 Å². The Morgan fingerprint density at radius 1 is 1.07 bits per heavy atom. The molecular weight excluding hydrogens is 188 g/mol. The minimum Gasteiger partial charge on any atom is -0.369 e. The van der Waals surface area contributed by atoms with Crippen molar-refractivity contribution in [2.75, 3.05) is 11.9 Å². The Labute approximate surface area is 88.4 Å². The Bertz CT molecular complexity index is 410. The molecule has 0 radical (unpaired) electrons. The summed E-state index contributed by atoms with van der Waals surface area (Å²) in [7, 11) is 0. The Balaban J connectivity index is 2.24. The number of anilines is 1. The van der Waals surface area contributed by atoms with Gasteiger partial charge >= 0.3 is 0 Å². The molecule has 2 aromatic rings. The van der Waals surface area contributed by atoms with E-state index in [0.717, 1.165) is 23.6 Å². The standard InChI is InChI=1S/C11H12N4/c1-2-13-11-4-3-10(14-15-11)9-5-7-12-8-6-9/h3-8H,2H2,1H3,(H,13,15). The van der Waals surface area contributed by atoms with Gasteiger partial charge in [-0.05, 0) is 31.2 Å². The average Bonchev–Trinajstić information content (AvgIpc) is 2.32. The smallest absolute Gasteiger partial charge is 0.148 e. The lowest BCUT2D eigenvalue weighted by Crippen LogP contribution is -2.00. The normalized spacial score (nSPS) is 9.93. The quantitative estimate of drug-likeness (QED) is 0.823. The molecule has 0 aliphatic heterocycles. The SMILES string of the molecule is CCNc1ccc(-c2ccncc2)nn1. The van der Waals surface area contributed by atoms with E-state index in [4.69, 9.17) is 0 Å². The lowest BCUT2D eigenvalue weighted by Gasteiger charge is -2.02. The molecule has 2 heterocycles. The van der Waals surface area contributed by atoms with Gasteiger partial charge in [0.1, 0.15) is 5.82 Å². The monoisotopic (exact) mass is 200 g/mol. The summed E-state index contributed by atoms with van der Waals surface area (Å²) in [4.78, 5) is 3.96. The summed E-state index contributed by atoms with van der Waals surface area (Å²) in [6, 6.07) is 7.69. The Kier molecular flexibility index (Phi) is 2.88. The number of nitrogens with zero attached hydrogens (tertiary/aromatic N) is 3. The Morgan fingerprint density at radius 2 is 1.87 bits per heavy atom. The van der Waals surface area contributed by atoms with Crippen LogP contribution in [0, 0.1) is 0 Å². The fourth-order valence-corrected chi connectivity index (χ4v) is 1.28. The minimum atomic E-state index is 0.801. The van der Waals surface area contributed by atoms with Gasteiger partial charge in [0.05, 0.1) is 5.69 Å². The first-order valence-electron chi connectivity index (χ1n) is 4.88. The van der Waals surface area contributed by atoms with Gasteiger partial charge in [-0.2, -0.15) is 0 Å². The van der Waals surface area contributed by atoms with Gasteiger partial charge in [-0.1, -0.05) is 0 Å². The predicted molar refractivity (Wildman–Crippen MR) is 59.4 cm³/mol. The molecule has 0 aliphatic rings. The van der Waals surface area contributed by atoms with Crippen LogP contribution in [-0.2, 0) is 0 Å². The highest BCUT2D eigenvalue weighted by Crippen LogP contribution is 2.15. The van der Waals surface area contributed by atoms with Crippen molar-refractivity contribution in [3.63, 3.8) is 0 Å². The van der Waals surface area contributed by atoms with Crippen LogP contribution >= 0.6 is 0 Å². The molecule has 2 rings (SSSR count). The molecule has 0 aromatic carbocycles. The van der Waals surface area contributed by atoms with Gasteiger partial charge in [-0.25, -0.2) is 0 Å². The van der Waals surface area contributed by atoms with Crippen LogP contribution in [-0.4, -0.2) is 21.7 Å². The molecule has 0 fully saturated rings. The summed E-state index contributed by atoms with van der Waals surface area (Å²) in [5.41, 5.74) is 1.89. The molecule has 0 amide bonds. The second-order valence-corrected chi connectivity index (χ2v) is 3.07. The van der Waals surface area contributed by atoms with Crippen LogP contribution in [0.5, 0.6) is 0 Å². The highest BCUT2D eigenvalue weighted by Gasteiger charge is 1.99. The molecule has 0 saturated heterocycles. The third-order valence-electron chi connectivity index (χ3n) is 2.00. The molecule has 0 aliphatic carbocycles. The first kappa shape index (κ1) is 9.58. The van der Waals surface area contributed by atoms with E-state index in [2.05, 4.69) is 20.5 Å². The third-order valence-corrected chi connectivity index (χ3v) is 2.00. The Morgan fingerprint density at radius 3 is 2.47 bits per heavy atom. The first-order valence-corrected chi connectivity index (χ1v) is 4.88. The number of pyridine rings is 1. The highest BCUT2D eigenvalue weighted by molar-refractivity contribution is 5.58. The van der Waals surface area contributed by atoms with E-state index >= 15 is 0 Å². The van der Waals surface area contributed by atoms with Gasteiger partial charge in [0.25, 0.3) is 0 Å². The second kappa shape index (κ2) is 4.50. The summed E-state index contributed by atoms with van der Waals surface area (Å²) in [5, 5.41) is 11.3. The molecule has 0 saturated carbocycles. The second-order valence-electron chi connectivity index (χ2n) is 3.07. The maximum absolute atomic E-state index is 4.13. The molecule has 76 valence electrons. The Hall–Kier alpha value is -1.97. The maximum atomic E-state index is 4.13. The summed E-state index contributed by atoms with van der Waals surface area (Å²) < 4.78 is 0. The maximum Gasteiger partial charge on any atom is 0.148 e. The molecule has 0 bridgehead atoms. The molecule has 0 unspecified atom stereocenters. The lowest BCUT2D eigenvalue weighted by molar-refractivity contribution is 1.02. The molecule has 2 aromatic heterocycles. The molecular formula is C11H12N4. The van der Waals surface area contributed by atoms with Crippen molar-refractivity contribution >= 4 is 5.82 Å². The fourth-order valence-electron chi connectivity index (χ4n) is 1.28. The predicted octanol–water partition coefficient (Wildman–Crippen LogP) is 1.97. The number of aromatic nitrogens is 3. The molecule has 0 spiro atoms. The van der Waals surface area contributed by atoms with E-state index in [1.54, 1.807) is 12.4 Å². The van der Waals surface area contributed by atoms with Gasteiger partial charge < -0.3 is 5.32 Å². The molecule has 4 nitrogen and oxygen atoms in total. The van der Waals surface area contributed by atoms with E-state index in [0.29, 0.717) is 0 Å². The summed E-state index contributed by atoms with van der Waals surface area (Å²) in [6.45, 7) is 2.88. The van der Waals surface area contributed by atoms with E-state index in [1.807, 2.05) is 31.2 Å². The lowest BCUT2D eigenvalue weighted by atomic mass is 10.2. The summed E-state index contributed by atoms with van der Waals surface area (Å²) in [5.74, 6) is 0.801. The van der Waals surface area contributed by atoms with Crippen molar-refractivity contribution in [3.05, 3.63) is 36.7 Å². The van der Waals surface area contributed by atoms with E-state index in [-0.39, 0.29) is 0 Å². The van der Waals surface area contributed by atoms with Crippen LogP contribution in [0.15, 0.2) is 36.7 Å². The molecule has 1 N–H and O–H groups in total. The van der Waals surface area contributed by atoms with Crippen molar-refractivity contribution in [2.24, 2.45) is 0 Å². The van der Waals surface area contributed by atoms with Crippen molar-refractivity contribution in [3.8, 4) is 11.3 Å². The van der Waals surface area contributed by atoms with Crippen molar-refractivity contribution in [1.82, 2.24) is 15.2 Å². The fraction of sp³-hybridized carbons (Fsp3) is 0.182. The van der Waals surface area contributed by atoms with Crippen LogP contribution in [0.25, 0.3) is 11.3 Å². The zero-order valence-electron chi connectivity index (χ0n) is 8.51. The van der Waals surface area contributed by atoms with Gasteiger partial charge in [-0.15, -0.1) is 10.2 Å². The van der Waals surface area contributed by atoms with Gasteiger partial charge in [0, 0.05) is 24.5 Å². The zero-order valence-corrected chi connectivity index (χ0v) is 8.51. The molecule has 0 atom stereocenters. The van der Waals surface area contributed by atoms with E-state index < -0.39 is 0 Å². The first-order chi connectivity index (χ1) is 7.40. The number of rotatable bonds is 3. The third kappa shape index (κ3) is 2.28. The number of nitrogens with one attached hydrogen (secondary N) is 1. The van der Waals surface area contributed by atoms with Crippen LogP contribution in [0.3, 0.4) is 0 Å². The van der Waals surface area contributed by atoms with E-state index in [9.17, 15) is 0 Å². The van der Waals surface area contributed by atoms with Gasteiger partial charge in [0.2, 0.25) is 0 Å². The number of hydrogen-bond donors (Lipinski definition) is 1. The number of hydrogen-bond acceptors (Lipinski definition) is 4.